The van der Waals surface area contributed by atoms with Gasteiger partial charge in [0.2, 0.25) is 5.91 Å². The first kappa shape index (κ1) is 10.9. The van der Waals surface area contributed by atoms with Gasteiger partial charge in [-0.25, -0.2) is 0 Å². The molecule has 2 aliphatic carbocycles. The van der Waals surface area contributed by atoms with E-state index in [1.807, 2.05) is 0 Å². The number of amides is 1. The molecule has 3 unspecified atom stereocenters. The summed E-state index contributed by atoms with van der Waals surface area (Å²) in [5.74, 6) is 2.82. The van der Waals surface area contributed by atoms with Crippen molar-refractivity contribution in [3.05, 3.63) is 0 Å². The molecule has 0 aromatic rings. The summed E-state index contributed by atoms with van der Waals surface area (Å²) in [6.07, 6.45) is 6.88. The van der Waals surface area contributed by atoms with E-state index in [0.717, 1.165) is 30.7 Å². The van der Waals surface area contributed by atoms with Crippen LogP contribution in [0.5, 0.6) is 0 Å². The lowest BCUT2D eigenvalue weighted by molar-refractivity contribution is -0.122. The van der Waals surface area contributed by atoms with Gasteiger partial charge in [0.25, 0.3) is 0 Å². The average Bonchev–Trinajstić information content (AvgIpc) is 2.78. The van der Waals surface area contributed by atoms with Crippen molar-refractivity contribution in [3.8, 4) is 0 Å². The Kier molecular flexibility index (Phi) is 3.29. The Morgan fingerprint density at radius 3 is 2.80 bits per heavy atom. The molecule has 0 heterocycles. The smallest absolute Gasteiger partial charge is 0.236 e. The quantitative estimate of drug-likeness (QED) is 0.734. The third-order valence-electron chi connectivity index (χ3n) is 4.11. The van der Waals surface area contributed by atoms with Crippen molar-refractivity contribution in [2.75, 3.05) is 6.54 Å². The number of carbonyl (C=O) groups excluding carboxylic acids is 1. The van der Waals surface area contributed by atoms with Crippen LogP contribution in [0.25, 0.3) is 0 Å². The highest BCUT2D eigenvalue weighted by Crippen LogP contribution is 2.49. The molecule has 0 radical (unpaired) electrons. The second kappa shape index (κ2) is 4.52. The Morgan fingerprint density at radius 2 is 2.27 bits per heavy atom. The van der Waals surface area contributed by atoms with E-state index in [2.05, 4.69) is 5.32 Å². The van der Waals surface area contributed by atoms with Crippen LogP contribution in [-0.2, 0) is 4.79 Å². The lowest BCUT2D eigenvalue weighted by Crippen LogP contribution is -2.39. The molecule has 0 spiro atoms. The molecule has 2 bridgehead atoms. The molecule has 2 fully saturated rings. The molecule has 2 saturated carbocycles. The molecule has 3 N–H and O–H groups in total. The summed E-state index contributed by atoms with van der Waals surface area (Å²) in [5, 5.41) is 2.90. The predicted molar refractivity (Wildman–Crippen MR) is 60.2 cm³/mol. The first-order valence-electron chi connectivity index (χ1n) is 6.20. The SMILES string of the molecule is C[C@H](N)C(=O)NCCC1CC2CCC1C2. The molecule has 0 aliphatic heterocycles. The summed E-state index contributed by atoms with van der Waals surface area (Å²) >= 11 is 0. The Labute approximate surface area is 91.8 Å². The normalized spacial score (nSPS) is 35.5. The van der Waals surface area contributed by atoms with Gasteiger partial charge in [-0.3, -0.25) is 4.79 Å². The zero-order chi connectivity index (χ0) is 10.8. The third kappa shape index (κ3) is 2.51. The van der Waals surface area contributed by atoms with E-state index in [4.69, 9.17) is 5.73 Å². The van der Waals surface area contributed by atoms with E-state index in [1.54, 1.807) is 6.92 Å². The number of rotatable bonds is 4. The Balaban J connectivity index is 1.65. The standard InChI is InChI=1S/C12H22N2O/c1-8(13)12(15)14-5-4-11-7-9-2-3-10(11)6-9/h8-11H,2-7,13H2,1H3,(H,14,15)/t8-,9?,10?,11?/m0/s1. The Bertz CT molecular complexity index is 240. The average molecular weight is 210 g/mol. The van der Waals surface area contributed by atoms with Gasteiger partial charge in [0.1, 0.15) is 0 Å². The molecule has 2 aliphatic rings. The number of carbonyl (C=O) groups is 1. The number of fused-ring (bicyclic) bond motifs is 2. The van der Waals surface area contributed by atoms with Crippen LogP contribution in [0.3, 0.4) is 0 Å². The predicted octanol–water partition coefficient (Wildman–Crippen LogP) is 1.28. The van der Waals surface area contributed by atoms with Gasteiger partial charge in [0.15, 0.2) is 0 Å². The van der Waals surface area contributed by atoms with Crippen molar-refractivity contribution in [2.24, 2.45) is 23.5 Å². The van der Waals surface area contributed by atoms with Crippen molar-refractivity contribution in [1.29, 1.82) is 0 Å². The van der Waals surface area contributed by atoms with Crippen molar-refractivity contribution < 1.29 is 4.79 Å². The van der Waals surface area contributed by atoms with Crippen LogP contribution in [0, 0.1) is 17.8 Å². The van der Waals surface area contributed by atoms with Gasteiger partial charge in [-0.2, -0.15) is 0 Å². The number of hydrogen-bond donors (Lipinski definition) is 2. The van der Waals surface area contributed by atoms with Gasteiger partial charge in [-0.05, 0) is 50.4 Å². The maximum absolute atomic E-state index is 11.2. The van der Waals surface area contributed by atoms with Crippen molar-refractivity contribution in [3.63, 3.8) is 0 Å². The van der Waals surface area contributed by atoms with Crippen molar-refractivity contribution in [2.45, 2.75) is 45.1 Å². The molecular weight excluding hydrogens is 188 g/mol. The van der Waals surface area contributed by atoms with E-state index in [0.29, 0.717) is 0 Å². The number of hydrogen-bond acceptors (Lipinski definition) is 2. The zero-order valence-corrected chi connectivity index (χ0v) is 9.54. The summed E-state index contributed by atoms with van der Waals surface area (Å²) < 4.78 is 0. The minimum Gasteiger partial charge on any atom is -0.355 e. The second-order valence-electron chi connectivity index (χ2n) is 5.30. The van der Waals surface area contributed by atoms with Gasteiger partial charge in [0, 0.05) is 6.54 Å². The monoisotopic (exact) mass is 210 g/mol. The van der Waals surface area contributed by atoms with Gasteiger partial charge in [-0.15, -0.1) is 0 Å². The lowest BCUT2D eigenvalue weighted by atomic mass is 9.86. The summed E-state index contributed by atoms with van der Waals surface area (Å²) in [6, 6.07) is -0.370. The second-order valence-corrected chi connectivity index (χ2v) is 5.30. The van der Waals surface area contributed by atoms with Gasteiger partial charge < -0.3 is 11.1 Å². The van der Waals surface area contributed by atoms with Crippen LogP contribution in [-0.4, -0.2) is 18.5 Å². The third-order valence-corrected chi connectivity index (χ3v) is 4.11. The largest absolute Gasteiger partial charge is 0.355 e. The van der Waals surface area contributed by atoms with E-state index in [9.17, 15) is 4.79 Å². The molecule has 3 nitrogen and oxygen atoms in total. The maximum atomic E-state index is 11.2. The fourth-order valence-corrected chi connectivity index (χ4v) is 3.27. The Hall–Kier alpha value is -0.570. The molecule has 86 valence electrons. The minimum atomic E-state index is -0.370. The van der Waals surface area contributed by atoms with Crippen molar-refractivity contribution >= 4 is 5.91 Å². The van der Waals surface area contributed by atoms with Gasteiger partial charge in [0.05, 0.1) is 6.04 Å². The van der Waals surface area contributed by atoms with Gasteiger partial charge in [-0.1, -0.05) is 6.42 Å². The highest BCUT2D eigenvalue weighted by molar-refractivity contribution is 5.80. The highest BCUT2D eigenvalue weighted by atomic mass is 16.2. The van der Waals surface area contributed by atoms with E-state index >= 15 is 0 Å². The minimum absolute atomic E-state index is 0.0156. The van der Waals surface area contributed by atoms with Crippen LogP contribution in [0.4, 0.5) is 0 Å². The summed E-state index contributed by atoms with van der Waals surface area (Å²) in [6.45, 7) is 2.54. The lowest BCUT2D eigenvalue weighted by Gasteiger charge is -2.21. The van der Waals surface area contributed by atoms with Crippen LogP contribution < -0.4 is 11.1 Å². The molecule has 4 atom stereocenters. The molecule has 0 aromatic carbocycles. The van der Waals surface area contributed by atoms with E-state index < -0.39 is 0 Å². The fourth-order valence-electron chi connectivity index (χ4n) is 3.27. The fraction of sp³-hybridized carbons (Fsp3) is 0.917. The first-order chi connectivity index (χ1) is 7.16. The number of nitrogens with two attached hydrogens (primary N) is 1. The highest BCUT2D eigenvalue weighted by Gasteiger charge is 2.38. The van der Waals surface area contributed by atoms with Crippen LogP contribution in [0.1, 0.15) is 39.0 Å². The first-order valence-corrected chi connectivity index (χ1v) is 6.20. The molecule has 0 aromatic heterocycles. The molecule has 0 saturated heterocycles. The van der Waals surface area contributed by atoms with E-state index in [-0.39, 0.29) is 11.9 Å². The zero-order valence-electron chi connectivity index (χ0n) is 9.54. The molecule has 15 heavy (non-hydrogen) atoms. The summed E-state index contributed by atoms with van der Waals surface area (Å²) in [7, 11) is 0. The van der Waals surface area contributed by atoms with Crippen LogP contribution >= 0.6 is 0 Å². The van der Waals surface area contributed by atoms with Crippen LogP contribution in [0.15, 0.2) is 0 Å². The molecule has 2 rings (SSSR count). The van der Waals surface area contributed by atoms with E-state index in [1.165, 1.54) is 25.7 Å². The summed E-state index contributed by atoms with van der Waals surface area (Å²) in [4.78, 5) is 11.2. The van der Waals surface area contributed by atoms with Crippen molar-refractivity contribution in [1.82, 2.24) is 5.32 Å². The summed E-state index contributed by atoms with van der Waals surface area (Å²) in [5.41, 5.74) is 5.48. The molecular formula is C12H22N2O. The number of nitrogens with one attached hydrogen (secondary N) is 1. The van der Waals surface area contributed by atoms with Gasteiger partial charge >= 0.3 is 0 Å². The maximum Gasteiger partial charge on any atom is 0.236 e. The Morgan fingerprint density at radius 1 is 1.47 bits per heavy atom. The van der Waals surface area contributed by atoms with Crippen LogP contribution in [0.2, 0.25) is 0 Å². The molecule has 1 amide bonds. The molecule has 3 heteroatoms. The topological polar surface area (TPSA) is 55.1 Å².